The minimum Gasteiger partial charge on any atom is -0.373 e. The minimum absolute atomic E-state index is 0.135. The van der Waals surface area contributed by atoms with Crippen molar-refractivity contribution in [2.75, 3.05) is 32.7 Å². The number of ether oxygens (including phenoxy) is 1. The standard InChI is InChI=1S/C20H31N3O4S/c1-4-22-11-5-6-18(22)12-21-20(24)17-7-9-19(10-8-17)28(25,26)23-13-15(2)27-16(3)14-23/h7-10,15-16,18H,4-6,11-14H2,1-3H3,(H,21,24)/p+1/t15-,16+,18-/m0/s1. The van der Waals surface area contributed by atoms with Gasteiger partial charge in [0.1, 0.15) is 6.04 Å². The molecular weight excluding hydrogens is 378 g/mol. The lowest BCUT2D eigenvalue weighted by molar-refractivity contribution is -0.909. The predicted molar refractivity (Wildman–Crippen MR) is 107 cm³/mol. The number of morpholine rings is 1. The summed E-state index contributed by atoms with van der Waals surface area (Å²) in [4.78, 5) is 14.2. The Kier molecular flexibility index (Phi) is 6.75. The fraction of sp³-hybridized carbons (Fsp3) is 0.650. The average Bonchev–Trinajstić information content (AvgIpc) is 3.13. The fourth-order valence-corrected chi connectivity index (χ4v) is 5.86. The number of likely N-dealkylation sites (tertiary alicyclic amines) is 1. The molecule has 0 bridgehead atoms. The Morgan fingerprint density at radius 1 is 1.21 bits per heavy atom. The van der Waals surface area contributed by atoms with E-state index in [0.29, 0.717) is 31.2 Å². The zero-order valence-electron chi connectivity index (χ0n) is 17.0. The molecule has 8 heteroatoms. The first kappa shape index (κ1) is 21.2. The van der Waals surface area contributed by atoms with E-state index < -0.39 is 10.0 Å². The lowest BCUT2D eigenvalue weighted by Gasteiger charge is -2.34. The van der Waals surface area contributed by atoms with Crippen molar-refractivity contribution in [3.8, 4) is 0 Å². The number of carbonyl (C=O) groups is 1. The molecule has 0 radical (unpaired) electrons. The highest BCUT2D eigenvalue weighted by molar-refractivity contribution is 7.89. The summed E-state index contributed by atoms with van der Waals surface area (Å²) in [7, 11) is -3.59. The van der Waals surface area contributed by atoms with Crippen molar-refractivity contribution in [1.29, 1.82) is 0 Å². The first-order valence-electron chi connectivity index (χ1n) is 10.2. The molecule has 2 aliphatic heterocycles. The summed E-state index contributed by atoms with van der Waals surface area (Å²) in [6, 6.07) is 6.70. The quantitative estimate of drug-likeness (QED) is 0.706. The van der Waals surface area contributed by atoms with E-state index in [1.807, 2.05) is 13.8 Å². The van der Waals surface area contributed by atoms with Gasteiger partial charge in [0, 0.05) is 31.5 Å². The molecule has 2 saturated heterocycles. The van der Waals surface area contributed by atoms with Gasteiger partial charge in [-0.05, 0) is 45.0 Å². The SMILES string of the molecule is CC[NH+]1CCC[C@H]1CNC(=O)c1ccc(S(=O)(=O)N2C[C@@H](C)O[C@@H](C)C2)cc1. The Morgan fingerprint density at radius 2 is 1.86 bits per heavy atom. The number of quaternary nitrogens is 1. The second-order valence-electron chi connectivity index (χ2n) is 7.91. The van der Waals surface area contributed by atoms with Crippen LogP contribution in [0.1, 0.15) is 44.0 Å². The van der Waals surface area contributed by atoms with Crippen LogP contribution in [0.4, 0.5) is 0 Å². The first-order valence-corrected chi connectivity index (χ1v) is 11.6. The Labute approximate surface area is 168 Å². The van der Waals surface area contributed by atoms with Gasteiger partial charge < -0.3 is 15.0 Å². The smallest absolute Gasteiger partial charge is 0.251 e. The third-order valence-electron chi connectivity index (χ3n) is 5.73. The zero-order valence-corrected chi connectivity index (χ0v) is 17.8. The second-order valence-corrected chi connectivity index (χ2v) is 9.85. The molecule has 2 heterocycles. The Morgan fingerprint density at radius 3 is 2.46 bits per heavy atom. The van der Waals surface area contributed by atoms with Crippen LogP contribution in [0.2, 0.25) is 0 Å². The van der Waals surface area contributed by atoms with Gasteiger partial charge in [0.05, 0.1) is 36.7 Å². The van der Waals surface area contributed by atoms with Gasteiger partial charge >= 0.3 is 0 Å². The third-order valence-corrected chi connectivity index (χ3v) is 7.58. The Hall–Kier alpha value is -1.48. The molecule has 0 spiro atoms. The molecule has 1 amide bonds. The van der Waals surface area contributed by atoms with Gasteiger partial charge in [0.15, 0.2) is 0 Å². The molecular formula is C20H32N3O4S+. The molecule has 1 unspecified atom stereocenters. The van der Waals surface area contributed by atoms with Gasteiger partial charge in [-0.1, -0.05) is 0 Å². The van der Waals surface area contributed by atoms with Crippen molar-refractivity contribution in [1.82, 2.24) is 9.62 Å². The van der Waals surface area contributed by atoms with Crippen molar-refractivity contribution in [2.45, 2.75) is 56.8 Å². The van der Waals surface area contributed by atoms with Crippen LogP contribution in [0.15, 0.2) is 29.2 Å². The third kappa shape index (κ3) is 4.74. The van der Waals surface area contributed by atoms with Crippen molar-refractivity contribution in [3.63, 3.8) is 0 Å². The van der Waals surface area contributed by atoms with Gasteiger partial charge in [0.25, 0.3) is 5.91 Å². The van der Waals surface area contributed by atoms with Crippen molar-refractivity contribution < 1.29 is 22.8 Å². The number of sulfonamides is 1. The Bertz CT molecular complexity index is 771. The maximum atomic E-state index is 12.9. The highest BCUT2D eigenvalue weighted by Gasteiger charge is 2.32. The van der Waals surface area contributed by atoms with E-state index in [1.165, 1.54) is 34.3 Å². The van der Waals surface area contributed by atoms with Gasteiger partial charge in [0.2, 0.25) is 10.0 Å². The lowest BCUT2D eigenvalue weighted by Crippen LogP contribution is -3.14. The van der Waals surface area contributed by atoms with Gasteiger partial charge in [-0.2, -0.15) is 4.31 Å². The van der Waals surface area contributed by atoms with Gasteiger partial charge in [-0.25, -0.2) is 8.42 Å². The lowest BCUT2D eigenvalue weighted by atomic mass is 10.2. The highest BCUT2D eigenvalue weighted by atomic mass is 32.2. The number of likely N-dealkylation sites (N-methyl/N-ethyl adjacent to an activating group) is 1. The molecule has 0 saturated carbocycles. The first-order chi connectivity index (χ1) is 13.3. The molecule has 156 valence electrons. The van der Waals surface area contributed by atoms with Crippen molar-refractivity contribution >= 4 is 15.9 Å². The van der Waals surface area contributed by atoms with Crippen LogP contribution in [0.25, 0.3) is 0 Å². The van der Waals surface area contributed by atoms with E-state index in [-0.39, 0.29) is 23.0 Å². The van der Waals surface area contributed by atoms with E-state index in [4.69, 9.17) is 4.74 Å². The fourth-order valence-electron chi connectivity index (χ4n) is 4.27. The summed E-state index contributed by atoms with van der Waals surface area (Å²) in [5, 5.41) is 3.00. The molecule has 2 fully saturated rings. The Balaban J connectivity index is 1.63. The summed E-state index contributed by atoms with van der Waals surface area (Å²) in [5.41, 5.74) is 0.485. The van der Waals surface area contributed by atoms with Crippen molar-refractivity contribution in [3.05, 3.63) is 29.8 Å². The number of carbonyl (C=O) groups excluding carboxylic acids is 1. The normalized spacial score (nSPS) is 29.0. The molecule has 7 nitrogen and oxygen atoms in total. The summed E-state index contributed by atoms with van der Waals surface area (Å²) in [5.74, 6) is -0.153. The maximum absolute atomic E-state index is 12.9. The largest absolute Gasteiger partial charge is 0.373 e. The summed E-state index contributed by atoms with van der Waals surface area (Å²) in [6.07, 6.45) is 2.07. The predicted octanol–water partition coefficient (Wildman–Crippen LogP) is 0.282. The molecule has 28 heavy (non-hydrogen) atoms. The van der Waals surface area contributed by atoms with Gasteiger partial charge in [-0.15, -0.1) is 0 Å². The second kappa shape index (κ2) is 8.90. The minimum atomic E-state index is -3.59. The average molecular weight is 411 g/mol. The van der Waals surface area contributed by atoms with Crippen LogP contribution in [-0.2, 0) is 14.8 Å². The molecule has 0 aliphatic carbocycles. The molecule has 4 atom stereocenters. The maximum Gasteiger partial charge on any atom is 0.251 e. The van der Waals surface area contributed by atoms with Crippen LogP contribution in [0.3, 0.4) is 0 Å². The van der Waals surface area contributed by atoms with E-state index in [1.54, 1.807) is 12.1 Å². The summed E-state index contributed by atoms with van der Waals surface area (Å²) in [6.45, 7) is 9.50. The number of nitrogens with one attached hydrogen (secondary N) is 2. The monoisotopic (exact) mass is 410 g/mol. The van der Waals surface area contributed by atoms with E-state index in [2.05, 4.69) is 12.2 Å². The number of rotatable bonds is 6. The van der Waals surface area contributed by atoms with Gasteiger partial charge in [-0.3, -0.25) is 4.79 Å². The number of benzene rings is 1. The van der Waals surface area contributed by atoms with Crippen LogP contribution in [-0.4, -0.2) is 69.6 Å². The number of amides is 1. The topological polar surface area (TPSA) is 80.2 Å². The molecule has 2 aliphatic rings. The number of nitrogens with zero attached hydrogens (tertiary/aromatic N) is 1. The van der Waals surface area contributed by atoms with E-state index >= 15 is 0 Å². The van der Waals surface area contributed by atoms with Crippen molar-refractivity contribution in [2.24, 2.45) is 0 Å². The molecule has 0 aromatic heterocycles. The van der Waals surface area contributed by atoms with Crippen LogP contribution in [0, 0.1) is 0 Å². The summed E-state index contributed by atoms with van der Waals surface area (Å²) >= 11 is 0. The molecule has 1 aromatic carbocycles. The van der Waals surface area contributed by atoms with Crippen LogP contribution >= 0.6 is 0 Å². The number of hydrogen-bond donors (Lipinski definition) is 2. The number of hydrogen-bond acceptors (Lipinski definition) is 4. The molecule has 3 rings (SSSR count). The van der Waals surface area contributed by atoms with Crippen LogP contribution < -0.4 is 10.2 Å². The zero-order chi connectivity index (χ0) is 20.3. The van der Waals surface area contributed by atoms with E-state index in [0.717, 1.165) is 13.0 Å². The molecule has 1 aromatic rings. The highest BCUT2D eigenvalue weighted by Crippen LogP contribution is 2.21. The summed E-state index contributed by atoms with van der Waals surface area (Å²) < 4.78 is 32.9. The molecule has 2 N–H and O–H groups in total. The van der Waals surface area contributed by atoms with Crippen LogP contribution in [0.5, 0.6) is 0 Å². The van der Waals surface area contributed by atoms with E-state index in [9.17, 15) is 13.2 Å².